The molecule has 36 heavy (non-hydrogen) atoms. The molecule has 1 heterocycles. The zero-order valence-electron chi connectivity index (χ0n) is 22.0. The van der Waals surface area contributed by atoms with E-state index < -0.39 is 23.0 Å². The molecular formula is C28H38O8. The van der Waals surface area contributed by atoms with Crippen LogP contribution >= 0.6 is 0 Å². The van der Waals surface area contributed by atoms with Crippen molar-refractivity contribution in [3.8, 4) is 0 Å². The smallest absolute Gasteiger partial charge is 0.312 e. The number of ether oxygens (including phenoxy) is 4. The second-order valence-corrected chi connectivity index (χ2v) is 12.1. The first-order valence-electron chi connectivity index (χ1n) is 13.3. The lowest BCUT2D eigenvalue weighted by Gasteiger charge is -2.62. The van der Waals surface area contributed by atoms with Crippen LogP contribution in [0.25, 0.3) is 0 Å². The van der Waals surface area contributed by atoms with E-state index in [0.717, 1.165) is 31.3 Å². The van der Waals surface area contributed by atoms with Crippen molar-refractivity contribution in [1.82, 2.24) is 0 Å². The molecule has 0 amide bonds. The zero-order chi connectivity index (χ0) is 26.0. The average Bonchev–Trinajstić information content (AvgIpc) is 3.31. The molecule has 5 aliphatic rings. The summed E-state index contributed by atoms with van der Waals surface area (Å²) in [4.78, 5) is 49.7. The molecule has 0 bridgehead atoms. The van der Waals surface area contributed by atoms with Crippen molar-refractivity contribution in [3.05, 3.63) is 11.6 Å². The largest absolute Gasteiger partial charge is 0.469 e. The highest BCUT2D eigenvalue weighted by Gasteiger charge is 2.71. The molecule has 9 atom stereocenters. The minimum atomic E-state index is -0.587. The summed E-state index contributed by atoms with van der Waals surface area (Å²) in [5.41, 5.74) is -0.229. The van der Waals surface area contributed by atoms with Crippen molar-refractivity contribution in [3.63, 3.8) is 0 Å². The van der Waals surface area contributed by atoms with Gasteiger partial charge in [-0.05, 0) is 55.8 Å². The van der Waals surface area contributed by atoms with Gasteiger partial charge in [-0.1, -0.05) is 25.5 Å². The predicted molar refractivity (Wildman–Crippen MR) is 127 cm³/mol. The molecule has 1 spiro atoms. The van der Waals surface area contributed by atoms with Crippen molar-refractivity contribution >= 4 is 23.9 Å². The van der Waals surface area contributed by atoms with Gasteiger partial charge in [-0.25, -0.2) is 0 Å². The Bertz CT molecular complexity index is 1020. The lowest BCUT2D eigenvalue weighted by Crippen LogP contribution is -2.62. The van der Waals surface area contributed by atoms with E-state index in [1.54, 1.807) is 0 Å². The summed E-state index contributed by atoms with van der Waals surface area (Å²) in [5, 5.41) is 0. The van der Waals surface area contributed by atoms with Gasteiger partial charge in [-0.3, -0.25) is 19.2 Å². The van der Waals surface area contributed by atoms with E-state index in [1.807, 2.05) is 0 Å². The Morgan fingerprint density at radius 1 is 1.03 bits per heavy atom. The summed E-state index contributed by atoms with van der Waals surface area (Å²) in [6.45, 7) is 7.23. The number of rotatable bonds is 3. The monoisotopic (exact) mass is 502 g/mol. The third kappa shape index (κ3) is 3.61. The highest BCUT2D eigenvalue weighted by Crippen LogP contribution is 2.70. The Balaban J connectivity index is 1.62. The summed E-state index contributed by atoms with van der Waals surface area (Å²) in [6, 6.07) is 0. The third-order valence-electron chi connectivity index (χ3n) is 10.5. The second-order valence-electron chi connectivity index (χ2n) is 12.1. The van der Waals surface area contributed by atoms with Gasteiger partial charge >= 0.3 is 23.9 Å². The Morgan fingerprint density at radius 2 is 1.75 bits per heavy atom. The van der Waals surface area contributed by atoms with Crippen LogP contribution in [-0.4, -0.2) is 48.8 Å². The van der Waals surface area contributed by atoms with Gasteiger partial charge in [-0.2, -0.15) is 0 Å². The van der Waals surface area contributed by atoms with Crippen LogP contribution in [0, 0.1) is 34.5 Å². The number of hydrogen-bond donors (Lipinski definition) is 0. The molecule has 3 saturated carbocycles. The standard InChI is InChI=1S/C28H38O8/c1-15(29)34-18-6-9-26(3)17(12-18)13-19(25(32)33-5)23-20-7-10-28(11-8-22(31)36-28)27(20,4)14-21(24(23)26)35-16(2)30/h13,18-21,23-24H,6-12,14H2,1-5H3/t18-,19-,20-,21+,23-,24-,26-,27-,28+/m0/s1. The van der Waals surface area contributed by atoms with Crippen molar-refractivity contribution in [1.29, 1.82) is 0 Å². The van der Waals surface area contributed by atoms with Gasteiger partial charge in [0.05, 0.1) is 13.0 Å². The molecule has 1 saturated heterocycles. The summed E-state index contributed by atoms with van der Waals surface area (Å²) in [6.07, 6.45) is 6.71. The number of esters is 4. The summed E-state index contributed by atoms with van der Waals surface area (Å²) in [5.74, 6) is -1.72. The summed E-state index contributed by atoms with van der Waals surface area (Å²) >= 11 is 0. The van der Waals surface area contributed by atoms with Gasteiger partial charge in [0.1, 0.15) is 17.8 Å². The molecule has 0 aromatic carbocycles. The normalized spacial score (nSPS) is 45.0. The maximum Gasteiger partial charge on any atom is 0.312 e. The number of methoxy groups -OCH3 is 1. The topological polar surface area (TPSA) is 105 Å². The highest BCUT2D eigenvalue weighted by molar-refractivity contribution is 5.76. The molecule has 198 valence electrons. The molecular weight excluding hydrogens is 464 g/mol. The fourth-order valence-corrected chi connectivity index (χ4v) is 9.03. The van der Waals surface area contributed by atoms with Gasteiger partial charge in [0.25, 0.3) is 0 Å². The molecule has 0 aromatic rings. The Kier molecular flexibility index (Phi) is 6.03. The Morgan fingerprint density at radius 3 is 2.36 bits per heavy atom. The molecule has 0 unspecified atom stereocenters. The molecule has 5 rings (SSSR count). The first-order chi connectivity index (χ1) is 16.9. The maximum absolute atomic E-state index is 13.3. The zero-order valence-corrected chi connectivity index (χ0v) is 22.0. The van der Waals surface area contributed by atoms with E-state index in [9.17, 15) is 19.2 Å². The average molecular weight is 503 g/mol. The van der Waals surface area contributed by atoms with Gasteiger partial charge in [0.2, 0.25) is 0 Å². The van der Waals surface area contributed by atoms with Crippen molar-refractivity contribution in [2.75, 3.05) is 7.11 Å². The molecule has 4 fully saturated rings. The lowest BCUT2D eigenvalue weighted by atomic mass is 9.44. The molecule has 0 radical (unpaired) electrons. The summed E-state index contributed by atoms with van der Waals surface area (Å²) in [7, 11) is 1.41. The van der Waals surface area contributed by atoms with E-state index in [-0.39, 0.29) is 53.1 Å². The maximum atomic E-state index is 13.3. The predicted octanol–water partition coefficient (Wildman–Crippen LogP) is 3.90. The van der Waals surface area contributed by atoms with Crippen LogP contribution in [0.2, 0.25) is 0 Å². The first kappa shape index (κ1) is 25.3. The minimum Gasteiger partial charge on any atom is -0.469 e. The van der Waals surface area contributed by atoms with Gasteiger partial charge in [0, 0.05) is 38.0 Å². The highest BCUT2D eigenvalue weighted by atomic mass is 16.6. The Labute approximate surface area is 212 Å². The molecule has 1 aliphatic heterocycles. The molecule has 0 N–H and O–H groups in total. The summed E-state index contributed by atoms with van der Waals surface area (Å²) < 4.78 is 23.0. The molecule has 4 aliphatic carbocycles. The molecule has 0 aromatic heterocycles. The van der Waals surface area contributed by atoms with Crippen LogP contribution in [-0.2, 0) is 38.1 Å². The van der Waals surface area contributed by atoms with Crippen LogP contribution in [0.3, 0.4) is 0 Å². The van der Waals surface area contributed by atoms with Gasteiger partial charge in [-0.15, -0.1) is 0 Å². The van der Waals surface area contributed by atoms with Crippen LogP contribution in [0.15, 0.2) is 11.6 Å². The Hall–Kier alpha value is -2.38. The molecule has 8 heteroatoms. The van der Waals surface area contributed by atoms with E-state index in [0.29, 0.717) is 25.7 Å². The van der Waals surface area contributed by atoms with Gasteiger partial charge < -0.3 is 18.9 Å². The van der Waals surface area contributed by atoms with E-state index in [4.69, 9.17) is 18.9 Å². The lowest BCUT2D eigenvalue weighted by molar-refractivity contribution is -0.204. The fraction of sp³-hybridized carbons (Fsp3) is 0.786. The van der Waals surface area contributed by atoms with Crippen LogP contribution in [0.4, 0.5) is 0 Å². The SMILES string of the molecule is COC(=O)[C@H]1C=C2C[C@@H](OC(C)=O)CC[C@]2(C)[C@@H]2[C@@H]1[C@@H]1CC[C@@]3(CCC(=O)O3)[C@@]1(C)C[C@H]2OC(C)=O. The quantitative estimate of drug-likeness (QED) is 0.325. The second kappa shape index (κ2) is 8.59. The number of fused-ring (bicyclic) bond motifs is 6. The van der Waals surface area contributed by atoms with Crippen LogP contribution in [0.5, 0.6) is 0 Å². The minimum absolute atomic E-state index is 0.0888. The third-order valence-corrected chi connectivity index (χ3v) is 10.5. The van der Waals surface area contributed by atoms with Crippen molar-refractivity contribution in [2.45, 2.75) is 96.9 Å². The fourth-order valence-electron chi connectivity index (χ4n) is 9.03. The first-order valence-corrected chi connectivity index (χ1v) is 13.3. The van der Waals surface area contributed by atoms with Gasteiger partial charge in [0.15, 0.2) is 0 Å². The number of carbonyl (C=O) groups is 4. The van der Waals surface area contributed by atoms with E-state index in [2.05, 4.69) is 19.9 Å². The molecule has 8 nitrogen and oxygen atoms in total. The number of hydrogen-bond acceptors (Lipinski definition) is 8. The van der Waals surface area contributed by atoms with Crippen LogP contribution < -0.4 is 0 Å². The van der Waals surface area contributed by atoms with E-state index >= 15 is 0 Å². The number of carbonyl (C=O) groups excluding carboxylic acids is 4. The van der Waals surface area contributed by atoms with E-state index in [1.165, 1.54) is 21.0 Å². The van der Waals surface area contributed by atoms with Crippen molar-refractivity contribution in [2.24, 2.45) is 34.5 Å². The van der Waals surface area contributed by atoms with Crippen molar-refractivity contribution < 1.29 is 38.1 Å². The van der Waals surface area contributed by atoms with Crippen LogP contribution in [0.1, 0.15) is 79.1 Å².